The van der Waals surface area contributed by atoms with Gasteiger partial charge in [-0.1, -0.05) is 18.5 Å². The van der Waals surface area contributed by atoms with E-state index in [0.29, 0.717) is 22.8 Å². The molecule has 124 valence electrons. The molecular formula is C15H22ClN7. The van der Waals surface area contributed by atoms with Gasteiger partial charge in [-0.15, -0.1) is 0 Å². The van der Waals surface area contributed by atoms with Gasteiger partial charge in [-0.05, 0) is 25.9 Å². The van der Waals surface area contributed by atoms with Gasteiger partial charge < -0.3 is 10.6 Å². The number of likely N-dealkylation sites (tertiary alicyclic amines) is 1. The Morgan fingerprint density at radius 1 is 1.39 bits per heavy atom. The Labute approximate surface area is 141 Å². The second-order valence-corrected chi connectivity index (χ2v) is 6.13. The second kappa shape index (κ2) is 7.14. The van der Waals surface area contributed by atoms with Crippen LogP contribution >= 0.6 is 11.6 Å². The normalized spacial score (nSPS) is 18.3. The van der Waals surface area contributed by atoms with Crippen LogP contribution in [0.25, 0.3) is 0 Å². The Balaban J connectivity index is 1.65. The number of nitrogens with zero attached hydrogens (tertiary/aromatic N) is 5. The lowest BCUT2D eigenvalue weighted by molar-refractivity contribution is 0.277. The summed E-state index contributed by atoms with van der Waals surface area (Å²) in [4.78, 5) is 11.2. The van der Waals surface area contributed by atoms with E-state index in [1.165, 1.54) is 19.4 Å². The minimum Gasteiger partial charge on any atom is -0.367 e. The quantitative estimate of drug-likeness (QED) is 0.845. The van der Waals surface area contributed by atoms with Crippen LogP contribution in [-0.4, -0.2) is 50.3 Å². The fraction of sp³-hybridized carbons (Fsp3) is 0.533. The largest absolute Gasteiger partial charge is 0.367 e. The van der Waals surface area contributed by atoms with Crippen molar-refractivity contribution in [3.63, 3.8) is 0 Å². The van der Waals surface area contributed by atoms with Crippen molar-refractivity contribution in [3.8, 4) is 0 Å². The van der Waals surface area contributed by atoms with E-state index < -0.39 is 0 Å². The number of aromatic nitrogens is 4. The average Bonchev–Trinajstić information content (AvgIpc) is 3.16. The molecule has 1 saturated heterocycles. The molecule has 0 aromatic carbocycles. The zero-order chi connectivity index (χ0) is 16.2. The Morgan fingerprint density at radius 3 is 3.00 bits per heavy atom. The maximum absolute atomic E-state index is 6.21. The molecule has 1 atom stereocenters. The van der Waals surface area contributed by atoms with Crippen LogP contribution in [0.3, 0.4) is 0 Å². The third-order valence-electron chi connectivity index (χ3n) is 4.12. The number of halogens is 1. The lowest BCUT2D eigenvalue weighted by Crippen LogP contribution is -2.34. The van der Waals surface area contributed by atoms with Crippen LogP contribution in [0.2, 0.25) is 5.02 Å². The summed E-state index contributed by atoms with van der Waals surface area (Å²) in [5.74, 6) is 1.17. The molecule has 0 spiro atoms. The molecule has 1 aliphatic rings. The first-order valence-corrected chi connectivity index (χ1v) is 8.29. The zero-order valence-electron chi connectivity index (χ0n) is 13.5. The molecule has 0 amide bonds. The van der Waals surface area contributed by atoms with Gasteiger partial charge in [-0.3, -0.25) is 9.58 Å². The van der Waals surface area contributed by atoms with Crippen LogP contribution in [-0.2, 0) is 7.05 Å². The molecule has 1 aliphatic heterocycles. The highest BCUT2D eigenvalue weighted by molar-refractivity contribution is 6.32. The predicted octanol–water partition coefficient (Wildman–Crippen LogP) is 2.50. The van der Waals surface area contributed by atoms with Crippen molar-refractivity contribution in [1.29, 1.82) is 0 Å². The SMILES string of the molecule is CCN1CCC[C@@H]1CNc1nc(Nc2cnn(C)c2)ncc1Cl. The van der Waals surface area contributed by atoms with E-state index in [4.69, 9.17) is 11.6 Å². The average molecular weight is 336 g/mol. The van der Waals surface area contributed by atoms with Crippen LogP contribution in [0.4, 0.5) is 17.5 Å². The Kier molecular flexibility index (Phi) is 4.97. The van der Waals surface area contributed by atoms with Gasteiger partial charge in [-0.25, -0.2) is 4.98 Å². The van der Waals surface area contributed by atoms with Gasteiger partial charge in [-0.2, -0.15) is 10.1 Å². The molecule has 1 fully saturated rings. The third kappa shape index (κ3) is 3.92. The van der Waals surface area contributed by atoms with Crippen molar-refractivity contribution in [2.45, 2.75) is 25.8 Å². The van der Waals surface area contributed by atoms with Crippen LogP contribution in [0, 0.1) is 0 Å². The van der Waals surface area contributed by atoms with Crippen molar-refractivity contribution < 1.29 is 0 Å². The van der Waals surface area contributed by atoms with Crippen LogP contribution < -0.4 is 10.6 Å². The number of rotatable bonds is 6. The van der Waals surface area contributed by atoms with E-state index in [1.54, 1.807) is 17.1 Å². The van der Waals surface area contributed by atoms with Gasteiger partial charge in [0.2, 0.25) is 5.95 Å². The lowest BCUT2D eigenvalue weighted by Gasteiger charge is -2.23. The first kappa shape index (κ1) is 16.0. The highest BCUT2D eigenvalue weighted by Gasteiger charge is 2.22. The van der Waals surface area contributed by atoms with Crippen LogP contribution in [0.5, 0.6) is 0 Å². The molecule has 0 unspecified atom stereocenters. The zero-order valence-corrected chi connectivity index (χ0v) is 14.2. The molecule has 2 N–H and O–H groups in total. The summed E-state index contributed by atoms with van der Waals surface area (Å²) in [5, 5.41) is 11.1. The van der Waals surface area contributed by atoms with E-state index in [0.717, 1.165) is 18.8 Å². The highest BCUT2D eigenvalue weighted by Crippen LogP contribution is 2.23. The van der Waals surface area contributed by atoms with Crippen molar-refractivity contribution in [3.05, 3.63) is 23.6 Å². The number of likely N-dealkylation sites (N-methyl/N-ethyl adjacent to an activating group) is 1. The standard InChI is InChI=1S/C15H22ClN7/c1-3-23-6-4-5-12(23)8-17-14-13(16)9-18-15(21-14)20-11-7-19-22(2)10-11/h7,9-10,12H,3-6,8H2,1-2H3,(H2,17,18,20,21)/t12-/m1/s1. The molecule has 0 saturated carbocycles. The summed E-state index contributed by atoms with van der Waals surface area (Å²) in [6.07, 6.45) is 7.67. The minimum absolute atomic E-state index is 0.503. The van der Waals surface area contributed by atoms with Crippen molar-refractivity contribution in [1.82, 2.24) is 24.6 Å². The maximum atomic E-state index is 6.21. The van der Waals surface area contributed by atoms with E-state index in [9.17, 15) is 0 Å². The fourth-order valence-corrected chi connectivity index (χ4v) is 3.08. The first-order valence-electron chi connectivity index (χ1n) is 7.92. The third-order valence-corrected chi connectivity index (χ3v) is 4.39. The molecule has 3 heterocycles. The number of anilines is 3. The molecule has 2 aromatic heterocycles. The first-order chi connectivity index (χ1) is 11.2. The summed E-state index contributed by atoms with van der Waals surface area (Å²) in [5.41, 5.74) is 0.841. The second-order valence-electron chi connectivity index (χ2n) is 5.72. The molecule has 8 heteroatoms. The van der Waals surface area contributed by atoms with Gasteiger partial charge in [0.25, 0.3) is 0 Å². The number of hydrogen-bond donors (Lipinski definition) is 2. The topological polar surface area (TPSA) is 70.9 Å². The maximum Gasteiger partial charge on any atom is 0.229 e. The van der Waals surface area contributed by atoms with E-state index in [-0.39, 0.29) is 0 Å². The van der Waals surface area contributed by atoms with Gasteiger partial charge in [0.15, 0.2) is 5.82 Å². The molecule has 3 rings (SSSR count). The predicted molar refractivity (Wildman–Crippen MR) is 92.3 cm³/mol. The van der Waals surface area contributed by atoms with Gasteiger partial charge in [0.05, 0.1) is 18.1 Å². The fourth-order valence-electron chi connectivity index (χ4n) is 2.92. The Morgan fingerprint density at radius 2 is 2.26 bits per heavy atom. The molecule has 0 radical (unpaired) electrons. The number of hydrogen-bond acceptors (Lipinski definition) is 6. The highest BCUT2D eigenvalue weighted by atomic mass is 35.5. The smallest absolute Gasteiger partial charge is 0.229 e. The molecule has 0 aliphatic carbocycles. The summed E-state index contributed by atoms with van der Waals surface area (Å²) in [6, 6.07) is 0.542. The minimum atomic E-state index is 0.503. The summed E-state index contributed by atoms with van der Waals surface area (Å²) in [7, 11) is 1.86. The molecule has 23 heavy (non-hydrogen) atoms. The summed E-state index contributed by atoms with van der Waals surface area (Å²) >= 11 is 6.21. The van der Waals surface area contributed by atoms with Gasteiger partial charge in [0, 0.05) is 25.8 Å². The van der Waals surface area contributed by atoms with Crippen molar-refractivity contribution >= 4 is 29.1 Å². The van der Waals surface area contributed by atoms with Gasteiger partial charge >= 0.3 is 0 Å². The lowest BCUT2D eigenvalue weighted by atomic mass is 10.2. The number of aryl methyl sites for hydroxylation is 1. The van der Waals surface area contributed by atoms with Crippen molar-refractivity contribution in [2.24, 2.45) is 7.05 Å². The molecule has 2 aromatic rings. The summed E-state index contributed by atoms with van der Waals surface area (Å²) < 4.78 is 1.72. The number of nitrogens with one attached hydrogen (secondary N) is 2. The van der Waals surface area contributed by atoms with E-state index >= 15 is 0 Å². The van der Waals surface area contributed by atoms with E-state index in [1.807, 2.05) is 13.2 Å². The van der Waals surface area contributed by atoms with Crippen LogP contribution in [0.1, 0.15) is 19.8 Å². The molecule has 0 bridgehead atoms. The molecular weight excluding hydrogens is 314 g/mol. The summed E-state index contributed by atoms with van der Waals surface area (Å²) in [6.45, 7) is 5.30. The van der Waals surface area contributed by atoms with Crippen LogP contribution in [0.15, 0.2) is 18.6 Å². The van der Waals surface area contributed by atoms with Crippen molar-refractivity contribution in [2.75, 3.05) is 30.3 Å². The molecule has 7 nitrogen and oxygen atoms in total. The monoisotopic (exact) mass is 335 g/mol. The Hall–Kier alpha value is -1.86. The van der Waals surface area contributed by atoms with Gasteiger partial charge in [0.1, 0.15) is 5.02 Å². The Bertz CT molecular complexity index is 657. The van der Waals surface area contributed by atoms with E-state index in [2.05, 4.69) is 37.5 Å².